The van der Waals surface area contributed by atoms with Gasteiger partial charge in [0.15, 0.2) is 0 Å². The smallest absolute Gasteiger partial charge is 0.241 e. The van der Waals surface area contributed by atoms with Crippen LogP contribution < -0.4 is 9.64 Å². The van der Waals surface area contributed by atoms with Crippen molar-refractivity contribution in [2.75, 3.05) is 12.0 Å². The van der Waals surface area contributed by atoms with Crippen LogP contribution in [-0.2, 0) is 19.2 Å². The van der Waals surface area contributed by atoms with Gasteiger partial charge in [0.1, 0.15) is 17.3 Å². The third kappa shape index (κ3) is 3.93. The quantitative estimate of drug-likeness (QED) is 0.345. The topological polar surface area (TPSA) is 104 Å². The van der Waals surface area contributed by atoms with E-state index in [2.05, 4.69) is 0 Å². The highest BCUT2D eigenvalue weighted by molar-refractivity contribution is 6.31. The van der Waals surface area contributed by atoms with Gasteiger partial charge in [0, 0.05) is 17.5 Å². The van der Waals surface area contributed by atoms with E-state index in [4.69, 9.17) is 16.3 Å². The van der Waals surface area contributed by atoms with Crippen LogP contribution in [0.3, 0.4) is 0 Å². The van der Waals surface area contributed by atoms with Gasteiger partial charge in [-0.05, 0) is 68.9 Å². The summed E-state index contributed by atoms with van der Waals surface area (Å²) in [6, 6.07) is 8.44. The van der Waals surface area contributed by atoms with Crippen LogP contribution in [0.1, 0.15) is 63.4 Å². The lowest BCUT2D eigenvalue weighted by molar-refractivity contribution is -0.144. The Balaban J connectivity index is 1.38. The van der Waals surface area contributed by atoms with Gasteiger partial charge in [-0.1, -0.05) is 48.6 Å². The van der Waals surface area contributed by atoms with Crippen molar-refractivity contribution in [2.24, 2.45) is 29.1 Å². The van der Waals surface area contributed by atoms with Crippen molar-refractivity contribution < 1.29 is 33.4 Å². The zero-order valence-corrected chi connectivity index (χ0v) is 25.4. The number of benzene rings is 2. The number of halogens is 2. The summed E-state index contributed by atoms with van der Waals surface area (Å²) < 4.78 is 19.8. The molecule has 5 aliphatic rings. The van der Waals surface area contributed by atoms with Crippen molar-refractivity contribution in [3.63, 3.8) is 0 Å². The second kappa shape index (κ2) is 10.4. The first-order valence-corrected chi connectivity index (χ1v) is 15.7. The molecule has 2 heterocycles. The number of hydrogen-bond acceptors (Lipinski definition) is 6. The summed E-state index contributed by atoms with van der Waals surface area (Å²) in [6.07, 6.45) is 7.09. The maximum Gasteiger partial charge on any atom is 0.241 e. The number of allylic oxidation sites excluding steroid dienone is 2. The fourth-order valence-corrected chi connectivity index (χ4v) is 9.09. The lowest BCUT2D eigenvalue weighted by Gasteiger charge is -2.49. The van der Waals surface area contributed by atoms with E-state index in [1.165, 1.54) is 30.2 Å². The van der Waals surface area contributed by atoms with Crippen LogP contribution in [0.2, 0.25) is 5.02 Å². The van der Waals surface area contributed by atoms with Gasteiger partial charge in [-0.2, -0.15) is 0 Å². The summed E-state index contributed by atoms with van der Waals surface area (Å²) in [5.41, 5.74) is -0.113. The van der Waals surface area contributed by atoms with E-state index in [9.17, 15) is 28.7 Å². The molecule has 0 bridgehead atoms. The Hall–Kier alpha value is -3.72. The molecule has 2 saturated heterocycles. The van der Waals surface area contributed by atoms with E-state index in [1.54, 1.807) is 19.1 Å². The minimum absolute atomic E-state index is 0.0980. The van der Waals surface area contributed by atoms with Crippen LogP contribution in [0, 0.1) is 34.9 Å². The molecule has 2 aromatic carbocycles. The highest BCUT2D eigenvalue weighted by atomic mass is 35.5. The van der Waals surface area contributed by atoms with Crippen LogP contribution in [0.4, 0.5) is 10.1 Å². The van der Waals surface area contributed by atoms with Gasteiger partial charge < -0.3 is 9.84 Å². The Bertz CT molecular complexity index is 1640. The number of carbonyl (C=O) groups excluding carboxylic acids is 4. The second-order valence-electron chi connectivity index (χ2n) is 13.0. The molecule has 0 radical (unpaired) electrons. The Labute approximate surface area is 259 Å². The fourth-order valence-electron chi connectivity index (χ4n) is 8.92. The van der Waals surface area contributed by atoms with Crippen LogP contribution in [0.5, 0.6) is 11.5 Å². The molecule has 2 aliphatic heterocycles. The van der Waals surface area contributed by atoms with Crippen molar-refractivity contribution in [3.05, 3.63) is 64.5 Å². The van der Waals surface area contributed by atoms with Crippen molar-refractivity contribution in [1.29, 1.82) is 0 Å². The Kier molecular flexibility index (Phi) is 6.88. The number of phenolic OH excluding ortho intramolecular Hbond substituents is 1. The van der Waals surface area contributed by atoms with Crippen molar-refractivity contribution in [2.45, 2.75) is 63.8 Å². The molecule has 0 spiro atoms. The van der Waals surface area contributed by atoms with Crippen molar-refractivity contribution in [1.82, 2.24) is 4.90 Å². The summed E-state index contributed by atoms with van der Waals surface area (Å²) >= 11 is 6.07. The third-order valence-corrected chi connectivity index (χ3v) is 11.3. The molecule has 4 amide bonds. The normalized spacial score (nSPS) is 32.0. The number of aromatic hydroxyl groups is 1. The first-order chi connectivity index (χ1) is 21.1. The molecule has 2 saturated carbocycles. The molecule has 2 aromatic rings. The van der Waals surface area contributed by atoms with Crippen LogP contribution >= 0.6 is 11.6 Å². The molecule has 230 valence electrons. The SMILES string of the molecule is COc1cccc(O)c1[C@H]1C2=CC[C@@H]3C(=O)N(C4CCCCC4)C(=O)[C@@H]3[C@@H]2C[C@H]2C(=O)N(c3ccc(F)c(Cl)c3)C(=O)[C@@]12C. The molecule has 0 unspecified atom stereocenters. The largest absolute Gasteiger partial charge is 0.508 e. The van der Waals surface area contributed by atoms with Crippen LogP contribution in [0.15, 0.2) is 48.0 Å². The Morgan fingerprint density at radius 2 is 1.75 bits per heavy atom. The molecule has 7 rings (SSSR count). The van der Waals surface area contributed by atoms with Gasteiger partial charge in [-0.3, -0.25) is 24.1 Å². The second-order valence-corrected chi connectivity index (χ2v) is 13.4. The zero-order valence-electron chi connectivity index (χ0n) is 24.6. The Morgan fingerprint density at radius 3 is 2.45 bits per heavy atom. The van der Waals surface area contributed by atoms with E-state index in [-0.39, 0.29) is 40.7 Å². The molecule has 8 nitrogen and oxygen atoms in total. The summed E-state index contributed by atoms with van der Waals surface area (Å²) in [7, 11) is 1.47. The summed E-state index contributed by atoms with van der Waals surface area (Å²) in [5, 5.41) is 11.1. The maximum absolute atomic E-state index is 14.5. The molecule has 10 heteroatoms. The van der Waals surface area contributed by atoms with E-state index >= 15 is 0 Å². The van der Waals surface area contributed by atoms with E-state index in [0.29, 0.717) is 17.7 Å². The van der Waals surface area contributed by atoms with Crippen molar-refractivity contribution >= 4 is 40.9 Å². The number of carbonyl (C=O) groups is 4. The van der Waals surface area contributed by atoms with Gasteiger partial charge in [0.2, 0.25) is 23.6 Å². The fraction of sp³-hybridized carbons (Fsp3) is 0.471. The predicted octanol–water partition coefficient (Wildman–Crippen LogP) is 5.76. The molecular weight excluding hydrogens is 587 g/mol. The maximum atomic E-state index is 14.5. The molecule has 0 aromatic heterocycles. The number of rotatable bonds is 4. The molecule has 6 atom stereocenters. The minimum Gasteiger partial charge on any atom is -0.508 e. The molecule has 4 fully saturated rings. The number of nitrogens with zero attached hydrogens (tertiary/aromatic N) is 2. The molecule has 3 aliphatic carbocycles. The number of anilines is 1. The first-order valence-electron chi connectivity index (χ1n) is 15.4. The summed E-state index contributed by atoms with van der Waals surface area (Å²) in [5.74, 6) is -5.18. The Morgan fingerprint density at radius 1 is 1.00 bits per heavy atom. The molecule has 1 N–H and O–H groups in total. The number of imide groups is 2. The zero-order chi connectivity index (χ0) is 31.1. The van der Waals surface area contributed by atoms with Gasteiger partial charge in [-0.25, -0.2) is 9.29 Å². The predicted molar refractivity (Wildman–Crippen MR) is 159 cm³/mol. The van der Waals surface area contributed by atoms with Crippen molar-refractivity contribution in [3.8, 4) is 11.5 Å². The number of methoxy groups -OCH3 is 1. The lowest BCUT2D eigenvalue weighted by atomic mass is 9.51. The van der Waals surface area contributed by atoms with Gasteiger partial charge in [0.05, 0.1) is 41.0 Å². The monoisotopic (exact) mass is 620 g/mol. The average molecular weight is 621 g/mol. The highest BCUT2D eigenvalue weighted by Gasteiger charge is 2.68. The summed E-state index contributed by atoms with van der Waals surface area (Å²) in [4.78, 5) is 59.4. The number of fused-ring (bicyclic) bond motifs is 4. The third-order valence-electron chi connectivity index (χ3n) is 11.0. The average Bonchev–Trinajstić information content (AvgIpc) is 3.39. The first kappa shape index (κ1) is 29.0. The number of phenols is 1. The standard InChI is InChI=1S/C34H34ClFN2O6/c1-34-22(31(41)38(33(34)43)18-11-14-24(36)23(35)15-18)16-21-19(29(34)28-25(39)9-6-10-26(28)44-2)12-13-20-27(21)32(42)37(30(20)40)17-7-4-3-5-8-17/h6,9-12,14-15,17,20-22,27,29,39H,3-5,7-8,13,16H2,1-2H3/t20-,21+,22-,27-,29+,34+/m0/s1. The molecule has 44 heavy (non-hydrogen) atoms. The number of likely N-dealkylation sites (tertiary alicyclic amines) is 1. The lowest BCUT2D eigenvalue weighted by Crippen LogP contribution is -2.49. The van der Waals surface area contributed by atoms with E-state index in [1.807, 2.05) is 6.08 Å². The minimum atomic E-state index is -1.38. The van der Waals surface area contributed by atoms with Gasteiger partial charge >= 0.3 is 0 Å². The highest BCUT2D eigenvalue weighted by Crippen LogP contribution is 2.65. The van der Waals surface area contributed by atoms with Gasteiger partial charge in [0.25, 0.3) is 0 Å². The molecular formula is C34H34ClFN2O6. The summed E-state index contributed by atoms with van der Waals surface area (Å²) in [6.45, 7) is 1.72. The number of hydrogen-bond donors (Lipinski definition) is 1. The van der Waals surface area contributed by atoms with E-state index < -0.39 is 52.6 Å². The number of amides is 4. The van der Waals surface area contributed by atoms with Gasteiger partial charge in [-0.15, -0.1) is 0 Å². The van der Waals surface area contributed by atoms with E-state index in [0.717, 1.165) is 48.6 Å². The van der Waals surface area contributed by atoms with Crippen LogP contribution in [-0.4, -0.2) is 46.8 Å². The van der Waals surface area contributed by atoms with Crippen LogP contribution in [0.25, 0.3) is 0 Å². The number of ether oxygens (including phenoxy) is 1.